The molecule has 2 aromatic rings. The van der Waals surface area contributed by atoms with Crippen LogP contribution in [0.2, 0.25) is 0 Å². The van der Waals surface area contributed by atoms with E-state index in [9.17, 15) is 9.90 Å². The summed E-state index contributed by atoms with van der Waals surface area (Å²) in [6, 6.07) is 1.22. The molecule has 0 bridgehead atoms. The number of aromatic nitrogens is 2. The summed E-state index contributed by atoms with van der Waals surface area (Å²) in [5, 5.41) is 10.8. The topological polar surface area (TPSA) is 62.1 Å². The van der Waals surface area contributed by atoms with Gasteiger partial charge in [0.05, 0.1) is 13.3 Å². The first-order valence-electron chi connectivity index (χ1n) is 4.45. The van der Waals surface area contributed by atoms with Gasteiger partial charge in [-0.15, -0.1) is 0 Å². The fourth-order valence-electron chi connectivity index (χ4n) is 1.30. The zero-order valence-electron chi connectivity index (χ0n) is 8.21. The minimum absolute atomic E-state index is 0.441. The van der Waals surface area contributed by atoms with Gasteiger partial charge in [0.1, 0.15) is 24.7 Å². The molecule has 0 saturated heterocycles. The molecule has 0 unspecified atom stereocenters. The Hall–Kier alpha value is -2.04. The van der Waals surface area contributed by atoms with E-state index in [-0.39, 0.29) is 0 Å². The van der Waals surface area contributed by atoms with Gasteiger partial charge < -0.3 is 9.52 Å². The van der Waals surface area contributed by atoms with Gasteiger partial charge in [-0.1, -0.05) is 0 Å². The van der Waals surface area contributed by atoms with Gasteiger partial charge in [0.25, 0.3) is 0 Å². The molecule has 0 radical (unpaired) electrons. The Labute approximate surface area is 85.8 Å². The van der Waals surface area contributed by atoms with Crippen molar-refractivity contribution in [1.82, 2.24) is 4.57 Å². The van der Waals surface area contributed by atoms with Crippen LogP contribution < -0.4 is 15.1 Å². The molecule has 0 aliphatic rings. The van der Waals surface area contributed by atoms with Crippen LogP contribution in [0, 0.1) is 0 Å². The van der Waals surface area contributed by atoms with Gasteiger partial charge in [0.15, 0.2) is 5.43 Å². The summed E-state index contributed by atoms with van der Waals surface area (Å²) < 4.78 is 8.73. The molecule has 5 heteroatoms. The summed E-state index contributed by atoms with van der Waals surface area (Å²) in [7, 11) is 1.90. The molecule has 78 valence electrons. The second-order valence-corrected chi connectivity index (χ2v) is 3.33. The summed E-state index contributed by atoms with van der Waals surface area (Å²) in [6.45, 7) is 0.441. The minimum atomic E-state index is -0.614. The van der Waals surface area contributed by atoms with Crippen molar-refractivity contribution in [2.75, 3.05) is 0 Å². The van der Waals surface area contributed by atoms with E-state index in [1.54, 1.807) is 0 Å². The molecule has 0 aliphatic carbocycles. The van der Waals surface area contributed by atoms with Crippen molar-refractivity contribution in [3.63, 3.8) is 0 Å². The molecule has 5 nitrogen and oxygen atoms in total. The van der Waals surface area contributed by atoms with Crippen LogP contribution in [0.3, 0.4) is 0 Å². The van der Waals surface area contributed by atoms with Crippen LogP contribution in [0.4, 0.5) is 0 Å². The smallest absolute Gasteiger partial charge is 0.243 e. The fourth-order valence-corrected chi connectivity index (χ4v) is 1.30. The molecule has 15 heavy (non-hydrogen) atoms. The Balaban J connectivity index is 2.25. The Morgan fingerprint density at radius 1 is 1.60 bits per heavy atom. The van der Waals surface area contributed by atoms with E-state index in [1.165, 1.54) is 6.07 Å². The van der Waals surface area contributed by atoms with Crippen LogP contribution in [-0.4, -0.2) is 4.57 Å². The third-order valence-corrected chi connectivity index (χ3v) is 2.01. The average molecular weight is 206 g/mol. The van der Waals surface area contributed by atoms with Crippen LogP contribution in [0.5, 0.6) is 5.75 Å². The lowest BCUT2D eigenvalue weighted by Crippen LogP contribution is -2.23. The third kappa shape index (κ3) is 2.07. The maximum atomic E-state index is 11.0. The first-order chi connectivity index (χ1) is 7.15. The van der Waals surface area contributed by atoms with Gasteiger partial charge in [-0.2, -0.15) is 0 Å². The predicted molar refractivity (Wildman–Crippen MR) is 49.1 cm³/mol. The van der Waals surface area contributed by atoms with Gasteiger partial charge in [-0.3, -0.25) is 4.79 Å². The van der Waals surface area contributed by atoms with Crippen LogP contribution in [-0.2, 0) is 13.6 Å². The van der Waals surface area contributed by atoms with Crippen molar-refractivity contribution in [2.45, 2.75) is 6.54 Å². The van der Waals surface area contributed by atoms with Crippen LogP contribution in [0.25, 0.3) is 0 Å². The number of hydrogen-bond acceptors (Lipinski definition) is 3. The van der Waals surface area contributed by atoms with Crippen LogP contribution in [0.1, 0.15) is 5.76 Å². The second kappa shape index (κ2) is 3.61. The van der Waals surface area contributed by atoms with E-state index < -0.39 is 11.2 Å². The molecule has 0 amide bonds. The summed E-state index contributed by atoms with van der Waals surface area (Å²) in [6.07, 6.45) is 6.53. The third-order valence-electron chi connectivity index (χ3n) is 2.01. The van der Waals surface area contributed by atoms with Crippen LogP contribution >= 0.6 is 0 Å². The van der Waals surface area contributed by atoms with Gasteiger partial charge in [0, 0.05) is 6.07 Å². The molecule has 0 aliphatic heterocycles. The van der Waals surface area contributed by atoms with E-state index >= 15 is 0 Å². The molecular weight excluding hydrogens is 196 g/mol. The molecular formula is C10H10N2O3. The van der Waals surface area contributed by atoms with Crippen LogP contribution in [0.15, 0.2) is 40.3 Å². The monoisotopic (exact) mass is 206 g/mol. The highest BCUT2D eigenvalue weighted by atomic mass is 16.4. The molecule has 2 heterocycles. The maximum Gasteiger partial charge on any atom is 0.243 e. The minimum Gasteiger partial charge on any atom is -0.868 e. The Bertz CT molecular complexity index is 527. The first kappa shape index (κ1) is 9.51. The molecule has 0 N–H and O–H groups in total. The lowest BCUT2D eigenvalue weighted by molar-refractivity contribution is -0.671. The molecule has 2 rings (SSSR count). The van der Waals surface area contributed by atoms with E-state index in [2.05, 4.69) is 0 Å². The van der Waals surface area contributed by atoms with Crippen molar-refractivity contribution >= 4 is 0 Å². The quantitative estimate of drug-likeness (QED) is 0.616. The van der Waals surface area contributed by atoms with Crippen molar-refractivity contribution in [3.05, 3.63) is 47.0 Å². The largest absolute Gasteiger partial charge is 0.868 e. The Morgan fingerprint density at radius 3 is 3.00 bits per heavy atom. The number of hydrogen-bond donors (Lipinski definition) is 0. The van der Waals surface area contributed by atoms with Crippen molar-refractivity contribution in [1.29, 1.82) is 0 Å². The summed E-state index contributed by atoms with van der Waals surface area (Å²) in [5.74, 6) is -0.146. The number of rotatable bonds is 2. The summed E-state index contributed by atoms with van der Waals surface area (Å²) in [5.41, 5.74) is -0.534. The highest BCUT2D eigenvalue weighted by Crippen LogP contribution is 2.02. The standard InChI is InChI=1S/C10H10N2O3/c1-11-2-3-12(7-11)5-8-4-9(13)10(14)6-15-8/h2-4,6-7H,5H2,1H3. The molecule has 0 aromatic carbocycles. The first-order valence-corrected chi connectivity index (χ1v) is 4.45. The average Bonchev–Trinajstić information content (AvgIpc) is 2.58. The lowest BCUT2D eigenvalue weighted by Gasteiger charge is -2.02. The second-order valence-electron chi connectivity index (χ2n) is 3.33. The van der Waals surface area contributed by atoms with Gasteiger partial charge in [0.2, 0.25) is 6.33 Å². The molecule has 0 fully saturated rings. The fraction of sp³-hybridized carbons (Fsp3) is 0.200. The van der Waals surface area contributed by atoms with E-state index in [1.807, 2.05) is 34.9 Å². The summed E-state index contributed by atoms with van der Waals surface area (Å²) in [4.78, 5) is 11.0. The Kier molecular flexibility index (Phi) is 2.29. The van der Waals surface area contributed by atoms with Crippen molar-refractivity contribution in [2.24, 2.45) is 7.05 Å². The molecule has 0 spiro atoms. The highest BCUT2D eigenvalue weighted by molar-refractivity contribution is 5.14. The van der Waals surface area contributed by atoms with Crippen molar-refractivity contribution in [3.8, 4) is 5.75 Å². The maximum absolute atomic E-state index is 11.0. The van der Waals surface area contributed by atoms with E-state index in [4.69, 9.17) is 4.42 Å². The number of nitrogens with zero attached hydrogens (tertiary/aromatic N) is 2. The molecule has 0 atom stereocenters. The van der Waals surface area contributed by atoms with Gasteiger partial charge in [-0.25, -0.2) is 9.13 Å². The molecule has 0 saturated carbocycles. The predicted octanol–water partition coefficient (Wildman–Crippen LogP) is -0.612. The number of imidazole rings is 1. The molecule has 2 aromatic heterocycles. The normalized spacial score (nSPS) is 10.5. The summed E-state index contributed by atoms with van der Waals surface area (Å²) >= 11 is 0. The van der Waals surface area contributed by atoms with E-state index in [0.717, 1.165) is 6.26 Å². The van der Waals surface area contributed by atoms with Gasteiger partial charge >= 0.3 is 0 Å². The van der Waals surface area contributed by atoms with Crippen molar-refractivity contribution < 1.29 is 14.1 Å². The highest BCUT2D eigenvalue weighted by Gasteiger charge is 2.04. The Morgan fingerprint density at radius 2 is 2.40 bits per heavy atom. The lowest BCUT2D eigenvalue weighted by atomic mass is 10.3. The number of aryl methyl sites for hydroxylation is 1. The van der Waals surface area contributed by atoms with Gasteiger partial charge in [-0.05, 0) is 5.75 Å². The zero-order chi connectivity index (χ0) is 10.8. The zero-order valence-corrected chi connectivity index (χ0v) is 8.21. The SMILES string of the molecule is C[n+]1ccn(Cc2cc(=O)c([O-])co2)c1. The van der Waals surface area contributed by atoms with E-state index in [0.29, 0.717) is 12.3 Å².